The van der Waals surface area contributed by atoms with Gasteiger partial charge in [0.2, 0.25) is 0 Å². The highest BCUT2D eigenvalue weighted by Gasteiger charge is 2.10. The summed E-state index contributed by atoms with van der Waals surface area (Å²) in [5, 5.41) is 3.52. The molecular formula is C15H25BrN2. The summed E-state index contributed by atoms with van der Waals surface area (Å²) in [5.41, 5.74) is 2.62. The van der Waals surface area contributed by atoms with E-state index < -0.39 is 0 Å². The Balaban J connectivity index is 2.84. The lowest BCUT2D eigenvalue weighted by molar-refractivity contribution is 0.570. The topological polar surface area (TPSA) is 15.3 Å². The van der Waals surface area contributed by atoms with Gasteiger partial charge in [0.25, 0.3) is 0 Å². The third-order valence-electron chi connectivity index (χ3n) is 3.28. The van der Waals surface area contributed by atoms with Gasteiger partial charge in [-0.1, -0.05) is 13.0 Å². The molecular weight excluding hydrogens is 288 g/mol. The first-order valence-electron chi connectivity index (χ1n) is 6.91. The largest absolute Gasteiger partial charge is 0.371 e. The maximum absolute atomic E-state index is 3.70. The van der Waals surface area contributed by atoms with Gasteiger partial charge in [0, 0.05) is 23.6 Å². The zero-order valence-electron chi connectivity index (χ0n) is 12.0. The fourth-order valence-corrected chi connectivity index (χ4v) is 2.74. The second-order valence-corrected chi connectivity index (χ2v) is 5.41. The van der Waals surface area contributed by atoms with Crippen LogP contribution >= 0.6 is 15.9 Å². The van der Waals surface area contributed by atoms with Crippen molar-refractivity contribution in [3.8, 4) is 0 Å². The molecule has 0 radical (unpaired) electrons. The molecule has 1 N–H and O–H groups in total. The van der Waals surface area contributed by atoms with Gasteiger partial charge in [0.1, 0.15) is 0 Å². The van der Waals surface area contributed by atoms with E-state index in [1.807, 2.05) is 0 Å². The molecule has 1 aromatic rings. The Hall–Kier alpha value is -0.540. The van der Waals surface area contributed by atoms with Crippen LogP contribution in [0.2, 0.25) is 0 Å². The molecule has 0 saturated heterocycles. The maximum Gasteiger partial charge on any atom is 0.0510 e. The van der Waals surface area contributed by atoms with Crippen LogP contribution < -0.4 is 10.2 Å². The molecule has 3 heteroatoms. The Bertz CT molecular complexity index is 362. The molecule has 1 rings (SSSR count). The number of benzene rings is 1. The molecule has 18 heavy (non-hydrogen) atoms. The first-order valence-corrected chi connectivity index (χ1v) is 7.71. The van der Waals surface area contributed by atoms with Crippen LogP contribution in [0.15, 0.2) is 22.7 Å². The van der Waals surface area contributed by atoms with E-state index in [0.717, 1.165) is 19.6 Å². The monoisotopic (exact) mass is 312 g/mol. The average molecular weight is 313 g/mol. The summed E-state index contributed by atoms with van der Waals surface area (Å²) in [5.74, 6) is 0. The number of nitrogens with one attached hydrogen (secondary N) is 1. The van der Waals surface area contributed by atoms with Gasteiger partial charge in [-0.3, -0.25) is 0 Å². The quantitative estimate of drug-likeness (QED) is 0.805. The van der Waals surface area contributed by atoms with E-state index in [-0.39, 0.29) is 0 Å². The van der Waals surface area contributed by atoms with Gasteiger partial charge >= 0.3 is 0 Å². The second-order valence-electron chi connectivity index (χ2n) is 4.56. The summed E-state index contributed by atoms with van der Waals surface area (Å²) in [6, 6.07) is 7.09. The van der Waals surface area contributed by atoms with E-state index in [1.165, 1.54) is 22.1 Å². The van der Waals surface area contributed by atoms with Crippen LogP contribution in [0.5, 0.6) is 0 Å². The molecule has 2 nitrogen and oxygen atoms in total. The highest BCUT2D eigenvalue weighted by molar-refractivity contribution is 9.10. The van der Waals surface area contributed by atoms with Crippen molar-refractivity contribution in [1.82, 2.24) is 5.32 Å². The molecule has 0 bridgehead atoms. The molecule has 0 fully saturated rings. The van der Waals surface area contributed by atoms with Gasteiger partial charge < -0.3 is 10.2 Å². The summed E-state index contributed by atoms with van der Waals surface area (Å²) >= 11 is 3.70. The molecule has 1 atom stereocenters. The zero-order valence-corrected chi connectivity index (χ0v) is 13.5. The van der Waals surface area contributed by atoms with Crippen molar-refractivity contribution in [2.45, 2.75) is 40.2 Å². The fourth-order valence-electron chi connectivity index (χ4n) is 2.09. The molecule has 0 amide bonds. The van der Waals surface area contributed by atoms with Crippen LogP contribution in [-0.4, -0.2) is 19.6 Å². The van der Waals surface area contributed by atoms with Crippen LogP contribution in [0.25, 0.3) is 0 Å². The van der Waals surface area contributed by atoms with Gasteiger partial charge in [0.15, 0.2) is 0 Å². The summed E-state index contributed by atoms with van der Waals surface area (Å²) < 4.78 is 1.19. The van der Waals surface area contributed by atoms with Gasteiger partial charge in [0.05, 0.1) is 5.69 Å². The second kappa shape index (κ2) is 7.80. The first-order chi connectivity index (χ1) is 8.63. The first kappa shape index (κ1) is 15.5. The van der Waals surface area contributed by atoms with Crippen LogP contribution in [0.3, 0.4) is 0 Å². The van der Waals surface area contributed by atoms with Crippen molar-refractivity contribution in [2.75, 3.05) is 24.5 Å². The van der Waals surface area contributed by atoms with Crippen molar-refractivity contribution in [3.63, 3.8) is 0 Å². The van der Waals surface area contributed by atoms with Gasteiger partial charge in [-0.05, 0) is 67.4 Å². The lowest BCUT2D eigenvalue weighted by Gasteiger charge is -2.23. The van der Waals surface area contributed by atoms with Crippen molar-refractivity contribution in [1.29, 1.82) is 0 Å². The van der Waals surface area contributed by atoms with E-state index in [4.69, 9.17) is 0 Å². The SMILES string of the molecule is CCCNC(C)c1ccc(N(CC)CC)c(Br)c1. The smallest absolute Gasteiger partial charge is 0.0510 e. The molecule has 0 aliphatic rings. The Morgan fingerprint density at radius 2 is 1.89 bits per heavy atom. The molecule has 0 spiro atoms. The highest BCUT2D eigenvalue weighted by atomic mass is 79.9. The van der Waals surface area contributed by atoms with Crippen molar-refractivity contribution < 1.29 is 0 Å². The predicted molar refractivity (Wildman–Crippen MR) is 84.4 cm³/mol. The van der Waals surface area contributed by atoms with Crippen LogP contribution in [0.1, 0.15) is 45.7 Å². The van der Waals surface area contributed by atoms with Crippen molar-refractivity contribution >= 4 is 21.6 Å². The van der Waals surface area contributed by atoms with Gasteiger partial charge in [-0.25, -0.2) is 0 Å². The Morgan fingerprint density at radius 1 is 1.22 bits per heavy atom. The molecule has 102 valence electrons. The van der Waals surface area contributed by atoms with Crippen LogP contribution in [0, 0.1) is 0 Å². The number of hydrogen-bond donors (Lipinski definition) is 1. The number of hydrogen-bond acceptors (Lipinski definition) is 2. The van der Waals surface area contributed by atoms with E-state index >= 15 is 0 Å². The molecule has 0 aliphatic carbocycles. The number of halogens is 1. The Labute approximate surface area is 120 Å². The average Bonchev–Trinajstić information content (AvgIpc) is 2.39. The Morgan fingerprint density at radius 3 is 2.39 bits per heavy atom. The van der Waals surface area contributed by atoms with Gasteiger partial charge in [-0.15, -0.1) is 0 Å². The molecule has 1 aromatic carbocycles. The zero-order chi connectivity index (χ0) is 13.5. The third-order valence-corrected chi connectivity index (χ3v) is 3.91. The van der Waals surface area contributed by atoms with Crippen LogP contribution in [0.4, 0.5) is 5.69 Å². The van der Waals surface area contributed by atoms with Crippen molar-refractivity contribution in [3.05, 3.63) is 28.2 Å². The summed E-state index contributed by atoms with van der Waals surface area (Å²) in [4.78, 5) is 2.36. The van der Waals surface area contributed by atoms with Gasteiger partial charge in [-0.2, -0.15) is 0 Å². The molecule has 0 aliphatic heterocycles. The number of anilines is 1. The normalized spacial score (nSPS) is 12.5. The minimum atomic E-state index is 0.409. The number of rotatable bonds is 7. The lowest BCUT2D eigenvalue weighted by Crippen LogP contribution is -2.23. The van der Waals surface area contributed by atoms with E-state index in [9.17, 15) is 0 Å². The summed E-state index contributed by atoms with van der Waals surface area (Å²) in [6.07, 6.45) is 1.17. The van der Waals surface area contributed by atoms with E-state index in [1.54, 1.807) is 0 Å². The lowest BCUT2D eigenvalue weighted by atomic mass is 10.1. The third kappa shape index (κ3) is 3.99. The van der Waals surface area contributed by atoms with Crippen LogP contribution in [-0.2, 0) is 0 Å². The summed E-state index contributed by atoms with van der Waals surface area (Å²) in [6.45, 7) is 11.9. The summed E-state index contributed by atoms with van der Waals surface area (Å²) in [7, 11) is 0. The molecule has 0 heterocycles. The fraction of sp³-hybridized carbons (Fsp3) is 0.600. The van der Waals surface area contributed by atoms with E-state index in [2.05, 4.69) is 72.0 Å². The number of nitrogens with zero attached hydrogens (tertiary/aromatic N) is 1. The molecule has 0 aromatic heterocycles. The minimum absolute atomic E-state index is 0.409. The molecule has 0 saturated carbocycles. The van der Waals surface area contributed by atoms with E-state index in [0.29, 0.717) is 6.04 Å². The minimum Gasteiger partial charge on any atom is -0.371 e. The maximum atomic E-state index is 3.70. The van der Waals surface area contributed by atoms with Crippen molar-refractivity contribution in [2.24, 2.45) is 0 Å². The Kier molecular flexibility index (Phi) is 6.72. The molecule has 1 unspecified atom stereocenters. The predicted octanol–water partition coefficient (Wildman–Crippen LogP) is 4.36. The standard InChI is InChI=1S/C15H25BrN2/c1-5-10-17-12(4)13-8-9-15(14(16)11-13)18(6-2)7-3/h8-9,11-12,17H,5-7,10H2,1-4H3. The highest BCUT2D eigenvalue weighted by Crippen LogP contribution is 2.29.